The summed E-state index contributed by atoms with van der Waals surface area (Å²) in [7, 11) is 0. The molecule has 6 rings (SSSR count). The summed E-state index contributed by atoms with van der Waals surface area (Å²) in [5.41, 5.74) is 4.29. The van der Waals surface area contributed by atoms with Crippen molar-refractivity contribution in [2.75, 3.05) is 24.5 Å². The SMILES string of the molecule is O=C1CCCN1CCC1CN(c2ccc3nnc(-c4ccsc4)n3n2)c2ccccc21. The van der Waals surface area contributed by atoms with E-state index in [0.29, 0.717) is 18.2 Å². The highest BCUT2D eigenvalue weighted by Crippen LogP contribution is 2.41. The molecule has 7 nitrogen and oxygen atoms in total. The molecule has 31 heavy (non-hydrogen) atoms. The van der Waals surface area contributed by atoms with Crippen molar-refractivity contribution in [1.82, 2.24) is 24.7 Å². The Morgan fingerprint density at radius 1 is 1.10 bits per heavy atom. The molecule has 2 aliphatic rings. The van der Waals surface area contributed by atoms with Crippen LogP contribution in [0.4, 0.5) is 11.5 Å². The highest BCUT2D eigenvalue weighted by molar-refractivity contribution is 7.08. The van der Waals surface area contributed by atoms with Gasteiger partial charge in [-0.3, -0.25) is 4.79 Å². The van der Waals surface area contributed by atoms with Gasteiger partial charge in [-0.1, -0.05) is 18.2 Å². The van der Waals surface area contributed by atoms with Gasteiger partial charge in [-0.15, -0.1) is 15.3 Å². The quantitative estimate of drug-likeness (QED) is 0.477. The molecule has 0 aliphatic carbocycles. The van der Waals surface area contributed by atoms with Crippen LogP contribution in [0.15, 0.2) is 53.2 Å². The van der Waals surface area contributed by atoms with Crippen LogP contribution in [-0.4, -0.2) is 50.3 Å². The molecule has 1 saturated heterocycles. The summed E-state index contributed by atoms with van der Waals surface area (Å²) in [4.78, 5) is 16.3. The van der Waals surface area contributed by atoms with Crippen LogP contribution < -0.4 is 4.90 Å². The van der Waals surface area contributed by atoms with Gasteiger partial charge in [0.05, 0.1) is 0 Å². The Labute approximate surface area is 183 Å². The van der Waals surface area contributed by atoms with Crippen molar-refractivity contribution in [1.29, 1.82) is 0 Å². The van der Waals surface area contributed by atoms with Crippen molar-refractivity contribution in [3.8, 4) is 11.4 Å². The Balaban J connectivity index is 1.32. The molecule has 0 spiro atoms. The lowest BCUT2D eigenvalue weighted by Crippen LogP contribution is -2.27. The number of likely N-dealkylation sites (tertiary alicyclic amines) is 1. The minimum atomic E-state index is 0.295. The van der Waals surface area contributed by atoms with E-state index in [1.54, 1.807) is 11.3 Å². The van der Waals surface area contributed by atoms with Gasteiger partial charge in [-0.05, 0) is 48.1 Å². The van der Waals surface area contributed by atoms with Gasteiger partial charge in [0.25, 0.3) is 0 Å². The summed E-state index contributed by atoms with van der Waals surface area (Å²) < 4.78 is 1.83. The summed E-state index contributed by atoms with van der Waals surface area (Å²) in [6.07, 6.45) is 2.65. The van der Waals surface area contributed by atoms with Gasteiger partial charge in [0.2, 0.25) is 5.91 Å². The van der Waals surface area contributed by atoms with Crippen molar-refractivity contribution in [3.05, 3.63) is 58.8 Å². The first-order valence-corrected chi connectivity index (χ1v) is 11.6. The molecule has 0 bridgehead atoms. The van der Waals surface area contributed by atoms with Crippen LogP contribution in [0.25, 0.3) is 17.0 Å². The van der Waals surface area contributed by atoms with Gasteiger partial charge in [0, 0.05) is 48.6 Å². The van der Waals surface area contributed by atoms with Gasteiger partial charge in [0.15, 0.2) is 17.3 Å². The predicted molar refractivity (Wildman–Crippen MR) is 121 cm³/mol. The number of benzene rings is 1. The number of carbonyl (C=O) groups is 1. The molecule has 5 heterocycles. The van der Waals surface area contributed by atoms with Gasteiger partial charge in [-0.2, -0.15) is 15.9 Å². The third kappa shape index (κ3) is 3.18. The summed E-state index contributed by atoms with van der Waals surface area (Å²) in [6.45, 7) is 2.58. The number of anilines is 2. The number of nitrogens with zero attached hydrogens (tertiary/aromatic N) is 6. The molecule has 2 aliphatic heterocycles. The Bertz CT molecular complexity index is 1250. The molecule has 1 aromatic carbocycles. The predicted octanol–water partition coefficient (Wildman–Crippen LogP) is 4.10. The molecule has 0 N–H and O–H groups in total. The Morgan fingerprint density at radius 3 is 2.87 bits per heavy atom. The van der Waals surface area contributed by atoms with E-state index in [2.05, 4.69) is 44.7 Å². The largest absolute Gasteiger partial charge is 0.343 e. The second-order valence-electron chi connectivity index (χ2n) is 8.14. The van der Waals surface area contributed by atoms with E-state index < -0.39 is 0 Å². The van der Waals surface area contributed by atoms with Crippen molar-refractivity contribution in [3.63, 3.8) is 0 Å². The number of carbonyl (C=O) groups excluding carboxylic acids is 1. The van der Waals surface area contributed by atoms with E-state index in [1.807, 2.05) is 33.0 Å². The molecular weight excluding hydrogens is 408 g/mol. The number of hydrogen-bond donors (Lipinski definition) is 0. The fraction of sp³-hybridized carbons (Fsp3) is 0.304. The zero-order valence-electron chi connectivity index (χ0n) is 17.0. The van der Waals surface area contributed by atoms with E-state index in [-0.39, 0.29) is 0 Å². The lowest BCUT2D eigenvalue weighted by Gasteiger charge is -2.20. The molecule has 1 amide bonds. The van der Waals surface area contributed by atoms with Gasteiger partial charge >= 0.3 is 0 Å². The Morgan fingerprint density at radius 2 is 2.03 bits per heavy atom. The van der Waals surface area contributed by atoms with Crippen molar-refractivity contribution < 1.29 is 4.79 Å². The standard InChI is InChI=1S/C23H22N6OS/c30-22-6-3-11-27(22)12-9-16-14-28(19-5-2-1-4-18(16)19)21-8-7-20-24-25-23(29(20)26-21)17-10-13-31-15-17/h1-2,4-5,7-8,10,13,15-16H,3,6,9,11-12,14H2. The van der Waals surface area contributed by atoms with Crippen molar-refractivity contribution >= 4 is 34.4 Å². The number of aromatic nitrogens is 4. The topological polar surface area (TPSA) is 66.6 Å². The van der Waals surface area contributed by atoms with Gasteiger partial charge in [-0.25, -0.2) is 0 Å². The first kappa shape index (κ1) is 18.5. The molecular formula is C23H22N6OS. The fourth-order valence-electron chi connectivity index (χ4n) is 4.71. The lowest BCUT2D eigenvalue weighted by molar-refractivity contribution is -0.127. The summed E-state index contributed by atoms with van der Waals surface area (Å²) >= 11 is 1.64. The first-order valence-electron chi connectivity index (χ1n) is 10.7. The van der Waals surface area contributed by atoms with Crippen LogP contribution in [0, 0.1) is 0 Å². The maximum absolute atomic E-state index is 12.0. The summed E-state index contributed by atoms with van der Waals surface area (Å²) in [5, 5.41) is 17.6. The smallest absolute Gasteiger partial charge is 0.222 e. The molecule has 156 valence electrons. The highest BCUT2D eigenvalue weighted by Gasteiger charge is 2.31. The number of thiophene rings is 1. The minimum Gasteiger partial charge on any atom is -0.343 e. The average molecular weight is 431 g/mol. The number of para-hydroxylation sites is 1. The number of rotatable bonds is 5. The zero-order chi connectivity index (χ0) is 20.8. The normalized spacial score (nSPS) is 18.3. The van der Waals surface area contributed by atoms with Crippen LogP contribution in [0.2, 0.25) is 0 Å². The van der Waals surface area contributed by atoms with Crippen LogP contribution in [0.5, 0.6) is 0 Å². The molecule has 1 unspecified atom stereocenters. The zero-order valence-corrected chi connectivity index (χ0v) is 17.8. The number of amides is 1. The molecule has 1 atom stereocenters. The summed E-state index contributed by atoms with van der Waals surface area (Å²) in [6, 6.07) is 14.6. The average Bonchev–Trinajstić information content (AvgIpc) is 3.58. The van der Waals surface area contributed by atoms with E-state index in [9.17, 15) is 4.79 Å². The molecule has 0 saturated carbocycles. The number of fused-ring (bicyclic) bond motifs is 2. The lowest BCUT2D eigenvalue weighted by atomic mass is 9.98. The highest BCUT2D eigenvalue weighted by atomic mass is 32.1. The maximum atomic E-state index is 12.0. The van der Waals surface area contributed by atoms with E-state index in [4.69, 9.17) is 5.10 Å². The number of hydrogen-bond acceptors (Lipinski definition) is 6. The van der Waals surface area contributed by atoms with Crippen LogP contribution in [-0.2, 0) is 4.79 Å². The van der Waals surface area contributed by atoms with Gasteiger partial charge < -0.3 is 9.80 Å². The molecule has 8 heteroatoms. The van der Waals surface area contributed by atoms with E-state index >= 15 is 0 Å². The third-order valence-electron chi connectivity index (χ3n) is 6.29. The second-order valence-corrected chi connectivity index (χ2v) is 8.92. The van der Waals surface area contributed by atoms with E-state index in [0.717, 1.165) is 55.3 Å². The fourth-order valence-corrected chi connectivity index (χ4v) is 5.34. The van der Waals surface area contributed by atoms with Crippen LogP contribution >= 0.6 is 11.3 Å². The van der Waals surface area contributed by atoms with Crippen LogP contribution in [0.1, 0.15) is 30.7 Å². The Hall–Kier alpha value is -3.26. The monoisotopic (exact) mass is 430 g/mol. The van der Waals surface area contributed by atoms with E-state index in [1.165, 1.54) is 11.3 Å². The second kappa shape index (κ2) is 7.46. The van der Waals surface area contributed by atoms with Crippen molar-refractivity contribution in [2.24, 2.45) is 0 Å². The molecule has 3 aromatic heterocycles. The first-order chi connectivity index (χ1) is 15.3. The van der Waals surface area contributed by atoms with Gasteiger partial charge in [0.1, 0.15) is 0 Å². The van der Waals surface area contributed by atoms with Crippen LogP contribution in [0.3, 0.4) is 0 Å². The molecule has 1 fully saturated rings. The summed E-state index contributed by atoms with van der Waals surface area (Å²) in [5.74, 6) is 2.31. The maximum Gasteiger partial charge on any atom is 0.222 e. The van der Waals surface area contributed by atoms with Crippen molar-refractivity contribution in [2.45, 2.75) is 25.2 Å². The minimum absolute atomic E-state index is 0.295. The third-order valence-corrected chi connectivity index (χ3v) is 6.98. The molecule has 4 aromatic rings. The Kier molecular flexibility index (Phi) is 4.45. The molecule has 0 radical (unpaired) electrons.